The highest BCUT2D eigenvalue weighted by Gasteiger charge is 2.28. The van der Waals surface area contributed by atoms with Crippen LogP contribution in [-0.4, -0.2) is 34.7 Å². The Balaban J connectivity index is 2.42. The van der Waals surface area contributed by atoms with Crippen molar-refractivity contribution in [1.29, 1.82) is 0 Å². The van der Waals surface area contributed by atoms with Gasteiger partial charge in [-0.05, 0) is 6.42 Å². The van der Waals surface area contributed by atoms with Crippen molar-refractivity contribution in [2.75, 3.05) is 12.3 Å². The van der Waals surface area contributed by atoms with Gasteiger partial charge in [-0.1, -0.05) is 13.3 Å². The van der Waals surface area contributed by atoms with Crippen molar-refractivity contribution >= 4 is 17.7 Å². The third-order valence-corrected chi connectivity index (χ3v) is 3.22. The quantitative estimate of drug-likeness (QED) is 0.675. The van der Waals surface area contributed by atoms with Gasteiger partial charge in [0.05, 0.1) is 6.10 Å². The SMILES string of the molecule is CCC[C@H](O)[C@H]1SCCNC1=O. The number of hydrogen-bond donors (Lipinski definition) is 2. The fraction of sp³-hybridized carbons (Fsp3) is 0.875. The Morgan fingerprint density at radius 2 is 2.58 bits per heavy atom. The standard InChI is InChI=1S/C8H15NO2S/c1-2-3-6(10)7-8(11)9-4-5-12-7/h6-7,10H,2-5H2,1H3,(H,9,11)/t6-,7+/m0/s1. The number of aliphatic hydroxyl groups is 1. The van der Waals surface area contributed by atoms with E-state index < -0.39 is 6.10 Å². The molecule has 0 aromatic carbocycles. The fourth-order valence-corrected chi connectivity index (χ4v) is 2.34. The second kappa shape index (κ2) is 4.72. The lowest BCUT2D eigenvalue weighted by Crippen LogP contribution is -2.45. The molecule has 0 bridgehead atoms. The third-order valence-electron chi connectivity index (χ3n) is 1.89. The van der Waals surface area contributed by atoms with E-state index in [1.807, 2.05) is 6.92 Å². The molecule has 0 aromatic rings. The number of carbonyl (C=O) groups is 1. The molecule has 0 aromatic heterocycles. The van der Waals surface area contributed by atoms with Crippen LogP contribution in [0, 0.1) is 0 Å². The van der Waals surface area contributed by atoms with E-state index in [1.54, 1.807) is 11.8 Å². The summed E-state index contributed by atoms with van der Waals surface area (Å²) in [6.45, 7) is 2.74. The number of nitrogens with one attached hydrogen (secondary N) is 1. The van der Waals surface area contributed by atoms with E-state index in [0.717, 1.165) is 18.7 Å². The Hall–Kier alpha value is -0.220. The Kier molecular flexibility index (Phi) is 3.88. The smallest absolute Gasteiger partial charge is 0.235 e. The van der Waals surface area contributed by atoms with Crippen LogP contribution in [0.3, 0.4) is 0 Å². The summed E-state index contributed by atoms with van der Waals surface area (Å²) in [6, 6.07) is 0. The van der Waals surface area contributed by atoms with E-state index in [2.05, 4.69) is 5.32 Å². The lowest BCUT2D eigenvalue weighted by atomic mass is 10.1. The Bertz CT molecular complexity index is 163. The number of hydrogen-bond acceptors (Lipinski definition) is 3. The molecule has 2 N–H and O–H groups in total. The Morgan fingerprint density at radius 1 is 1.83 bits per heavy atom. The third kappa shape index (κ3) is 2.38. The zero-order chi connectivity index (χ0) is 8.97. The first-order valence-corrected chi connectivity index (χ1v) is 5.38. The zero-order valence-corrected chi connectivity index (χ0v) is 8.06. The van der Waals surface area contributed by atoms with Crippen molar-refractivity contribution < 1.29 is 9.90 Å². The molecule has 12 heavy (non-hydrogen) atoms. The van der Waals surface area contributed by atoms with E-state index in [4.69, 9.17) is 0 Å². The molecule has 70 valence electrons. The van der Waals surface area contributed by atoms with Gasteiger partial charge in [-0.25, -0.2) is 0 Å². The Labute approximate surface area is 76.9 Å². The van der Waals surface area contributed by atoms with E-state index in [0.29, 0.717) is 6.42 Å². The zero-order valence-electron chi connectivity index (χ0n) is 7.25. The van der Waals surface area contributed by atoms with Gasteiger partial charge in [-0.3, -0.25) is 4.79 Å². The van der Waals surface area contributed by atoms with Crippen LogP contribution in [-0.2, 0) is 4.79 Å². The molecule has 1 fully saturated rings. The topological polar surface area (TPSA) is 49.3 Å². The second-order valence-corrected chi connectivity index (χ2v) is 4.19. The first-order valence-electron chi connectivity index (χ1n) is 4.33. The maximum Gasteiger partial charge on any atom is 0.235 e. The first kappa shape index (κ1) is 9.86. The van der Waals surface area contributed by atoms with Gasteiger partial charge in [0.15, 0.2) is 0 Å². The van der Waals surface area contributed by atoms with Crippen LogP contribution in [0.15, 0.2) is 0 Å². The van der Waals surface area contributed by atoms with E-state index in [-0.39, 0.29) is 11.2 Å². The molecule has 0 spiro atoms. The average molecular weight is 189 g/mol. The molecule has 0 unspecified atom stereocenters. The van der Waals surface area contributed by atoms with Gasteiger partial charge in [-0.15, -0.1) is 11.8 Å². The van der Waals surface area contributed by atoms with Crippen LogP contribution >= 0.6 is 11.8 Å². The van der Waals surface area contributed by atoms with Crippen LogP contribution in [0.4, 0.5) is 0 Å². The van der Waals surface area contributed by atoms with E-state index in [9.17, 15) is 9.90 Å². The molecule has 1 aliphatic rings. The van der Waals surface area contributed by atoms with Gasteiger partial charge in [0, 0.05) is 12.3 Å². The molecule has 0 saturated carbocycles. The number of thioether (sulfide) groups is 1. The second-order valence-electron chi connectivity index (χ2n) is 2.94. The number of amides is 1. The predicted octanol–water partition coefficient (Wildman–Crippen LogP) is 0.379. The summed E-state index contributed by atoms with van der Waals surface area (Å²) < 4.78 is 0. The summed E-state index contributed by atoms with van der Waals surface area (Å²) in [5.74, 6) is 0.907. The highest BCUT2D eigenvalue weighted by atomic mass is 32.2. The highest BCUT2D eigenvalue weighted by Crippen LogP contribution is 2.20. The molecule has 1 amide bonds. The molecular formula is C8H15NO2S. The lowest BCUT2D eigenvalue weighted by molar-refractivity contribution is -0.122. The van der Waals surface area contributed by atoms with Crippen molar-refractivity contribution in [2.45, 2.75) is 31.1 Å². The van der Waals surface area contributed by atoms with Gasteiger partial charge in [0.25, 0.3) is 0 Å². The molecule has 3 nitrogen and oxygen atoms in total. The molecule has 1 rings (SSSR count). The van der Waals surface area contributed by atoms with Gasteiger partial charge >= 0.3 is 0 Å². The maximum atomic E-state index is 11.2. The normalized spacial score (nSPS) is 26.5. The van der Waals surface area contributed by atoms with Crippen molar-refractivity contribution in [1.82, 2.24) is 5.32 Å². The molecule has 0 aliphatic carbocycles. The summed E-state index contributed by atoms with van der Waals surface area (Å²) in [5.41, 5.74) is 0. The number of carbonyl (C=O) groups excluding carboxylic acids is 1. The molecule has 1 aliphatic heterocycles. The van der Waals surface area contributed by atoms with Crippen molar-refractivity contribution in [2.24, 2.45) is 0 Å². The van der Waals surface area contributed by atoms with Crippen LogP contribution in [0.1, 0.15) is 19.8 Å². The van der Waals surface area contributed by atoms with E-state index in [1.165, 1.54) is 0 Å². The molecule has 1 saturated heterocycles. The van der Waals surface area contributed by atoms with E-state index >= 15 is 0 Å². The highest BCUT2D eigenvalue weighted by molar-refractivity contribution is 8.00. The minimum atomic E-state index is -0.472. The summed E-state index contributed by atoms with van der Waals surface area (Å²) in [7, 11) is 0. The van der Waals surface area contributed by atoms with Gasteiger partial charge < -0.3 is 10.4 Å². The van der Waals surface area contributed by atoms with Crippen molar-refractivity contribution in [3.63, 3.8) is 0 Å². The van der Waals surface area contributed by atoms with Crippen molar-refractivity contribution in [3.8, 4) is 0 Å². The monoisotopic (exact) mass is 189 g/mol. The summed E-state index contributed by atoms with van der Waals surface area (Å²) in [5, 5.41) is 12.1. The van der Waals surface area contributed by atoms with Crippen LogP contribution in [0.25, 0.3) is 0 Å². The average Bonchev–Trinajstić information content (AvgIpc) is 2.05. The van der Waals surface area contributed by atoms with Crippen LogP contribution in [0.5, 0.6) is 0 Å². The number of aliphatic hydroxyl groups excluding tert-OH is 1. The molecule has 4 heteroatoms. The van der Waals surface area contributed by atoms with Crippen molar-refractivity contribution in [3.05, 3.63) is 0 Å². The van der Waals surface area contributed by atoms with Gasteiger partial charge in [0.2, 0.25) is 5.91 Å². The summed E-state index contributed by atoms with van der Waals surface area (Å²) in [6.07, 6.45) is 1.16. The first-order chi connectivity index (χ1) is 5.75. The van der Waals surface area contributed by atoms with Crippen LogP contribution < -0.4 is 5.32 Å². The van der Waals surface area contributed by atoms with Gasteiger partial charge in [0.1, 0.15) is 5.25 Å². The molecule has 1 heterocycles. The van der Waals surface area contributed by atoms with Crippen LogP contribution in [0.2, 0.25) is 0 Å². The van der Waals surface area contributed by atoms with Gasteiger partial charge in [-0.2, -0.15) is 0 Å². The molecule has 2 atom stereocenters. The number of rotatable bonds is 3. The fourth-order valence-electron chi connectivity index (χ4n) is 1.27. The minimum Gasteiger partial charge on any atom is -0.391 e. The minimum absolute atomic E-state index is 0.00722. The Morgan fingerprint density at radius 3 is 3.17 bits per heavy atom. The largest absolute Gasteiger partial charge is 0.391 e. The maximum absolute atomic E-state index is 11.2. The molecule has 0 radical (unpaired) electrons. The summed E-state index contributed by atoms with van der Waals surface area (Å²) >= 11 is 1.56. The molecular weight excluding hydrogens is 174 g/mol. The summed E-state index contributed by atoms with van der Waals surface area (Å²) in [4.78, 5) is 11.2. The predicted molar refractivity (Wildman–Crippen MR) is 50.2 cm³/mol. The lowest BCUT2D eigenvalue weighted by Gasteiger charge is -2.25.